The van der Waals surface area contributed by atoms with Gasteiger partial charge in [0, 0.05) is 4.47 Å². The van der Waals surface area contributed by atoms with Crippen LogP contribution >= 0.6 is 15.9 Å². The van der Waals surface area contributed by atoms with E-state index in [1.807, 2.05) is 0 Å². The van der Waals surface area contributed by atoms with E-state index >= 15 is 0 Å². The van der Waals surface area contributed by atoms with Gasteiger partial charge in [0.15, 0.2) is 5.96 Å². The first-order chi connectivity index (χ1) is 6.99. The van der Waals surface area contributed by atoms with Crippen LogP contribution < -0.4 is 17.2 Å². The van der Waals surface area contributed by atoms with Crippen molar-refractivity contribution in [2.24, 2.45) is 27.2 Å². The monoisotopic (exact) mass is 271 g/mol. The predicted octanol–water partition coefficient (Wildman–Crippen LogP) is 0.374. The van der Waals surface area contributed by atoms with E-state index in [0.29, 0.717) is 5.69 Å². The molecule has 0 fully saturated rings. The number of phenolic OH excluding ortho intramolecular Hbond substituents is 1. The van der Waals surface area contributed by atoms with Crippen LogP contribution in [0.3, 0.4) is 0 Å². The van der Waals surface area contributed by atoms with Gasteiger partial charge in [0.1, 0.15) is 11.4 Å². The van der Waals surface area contributed by atoms with E-state index in [0.717, 1.165) is 4.47 Å². The molecule has 1 rings (SSSR count). The number of benzene rings is 1. The maximum Gasteiger partial charge on any atom is 0.223 e. The summed E-state index contributed by atoms with van der Waals surface area (Å²) in [6.07, 6.45) is 0. The molecule has 0 aliphatic rings. The molecule has 7 N–H and O–H groups in total. The Hall–Kier alpha value is -1.76. The highest BCUT2D eigenvalue weighted by Gasteiger charge is 2.00. The standard InChI is InChI=1S/C8H10BrN5O/c9-4-1-2-5(6(15)3-4)13-8(12)14-7(10)11/h1-3,15H,(H6,10,11,12,13,14). The Morgan fingerprint density at radius 2 is 1.93 bits per heavy atom. The third-order valence-corrected chi connectivity index (χ3v) is 1.91. The van der Waals surface area contributed by atoms with Gasteiger partial charge in [0.25, 0.3) is 0 Å². The van der Waals surface area contributed by atoms with E-state index in [9.17, 15) is 5.11 Å². The van der Waals surface area contributed by atoms with Gasteiger partial charge in [0.05, 0.1) is 0 Å². The number of nitrogens with two attached hydrogens (primary N) is 3. The number of rotatable bonds is 1. The van der Waals surface area contributed by atoms with Gasteiger partial charge in [-0.2, -0.15) is 4.99 Å². The van der Waals surface area contributed by atoms with Gasteiger partial charge in [0.2, 0.25) is 5.96 Å². The lowest BCUT2D eigenvalue weighted by molar-refractivity contribution is 0.476. The third kappa shape index (κ3) is 3.47. The Morgan fingerprint density at radius 1 is 1.27 bits per heavy atom. The zero-order chi connectivity index (χ0) is 11.4. The van der Waals surface area contributed by atoms with Crippen LogP contribution in [-0.2, 0) is 0 Å². The number of phenols is 1. The Labute approximate surface area is 94.6 Å². The van der Waals surface area contributed by atoms with Crippen molar-refractivity contribution in [2.75, 3.05) is 0 Å². The molecule has 0 bridgehead atoms. The maximum absolute atomic E-state index is 9.47. The van der Waals surface area contributed by atoms with Crippen molar-refractivity contribution in [2.45, 2.75) is 0 Å². The van der Waals surface area contributed by atoms with Crippen molar-refractivity contribution in [1.29, 1.82) is 0 Å². The minimum atomic E-state index is -0.187. The first-order valence-corrected chi connectivity index (χ1v) is 4.70. The van der Waals surface area contributed by atoms with Gasteiger partial charge in [-0.15, -0.1) is 0 Å². The second-order valence-electron chi connectivity index (χ2n) is 2.64. The Bertz CT molecular complexity index is 425. The molecule has 6 nitrogen and oxygen atoms in total. The lowest BCUT2D eigenvalue weighted by Gasteiger charge is -1.99. The molecule has 0 radical (unpaired) electrons. The topological polar surface area (TPSA) is 123 Å². The quantitative estimate of drug-likeness (QED) is 0.435. The molecule has 0 aromatic heterocycles. The van der Waals surface area contributed by atoms with E-state index < -0.39 is 0 Å². The molecule has 0 saturated carbocycles. The molecule has 80 valence electrons. The van der Waals surface area contributed by atoms with Gasteiger partial charge in [-0.3, -0.25) is 0 Å². The molecule has 0 saturated heterocycles. The van der Waals surface area contributed by atoms with Crippen molar-refractivity contribution in [3.05, 3.63) is 22.7 Å². The van der Waals surface area contributed by atoms with Crippen LogP contribution in [0.15, 0.2) is 32.7 Å². The Balaban J connectivity index is 3.03. The summed E-state index contributed by atoms with van der Waals surface area (Å²) in [6, 6.07) is 4.78. The predicted molar refractivity (Wildman–Crippen MR) is 62.9 cm³/mol. The highest BCUT2D eigenvalue weighted by molar-refractivity contribution is 9.10. The molecule has 0 aliphatic carbocycles. The zero-order valence-electron chi connectivity index (χ0n) is 7.68. The van der Waals surface area contributed by atoms with Gasteiger partial charge >= 0.3 is 0 Å². The van der Waals surface area contributed by atoms with Crippen molar-refractivity contribution in [3.63, 3.8) is 0 Å². The summed E-state index contributed by atoms with van der Waals surface area (Å²) in [5.74, 6) is -0.321. The fourth-order valence-corrected chi connectivity index (χ4v) is 1.22. The molecular weight excluding hydrogens is 262 g/mol. The van der Waals surface area contributed by atoms with Crippen molar-refractivity contribution in [3.8, 4) is 5.75 Å². The van der Waals surface area contributed by atoms with E-state index in [2.05, 4.69) is 25.9 Å². The zero-order valence-corrected chi connectivity index (χ0v) is 9.27. The van der Waals surface area contributed by atoms with Gasteiger partial charge in [-0.05, 0) is 18.2 Å². The molecule has 0 aliphatic heterocycles. The molecule has 0 heterocycles. The van der Waals surface area contributed by atoms with E-state index in [4.69, 9.17) is 17.2 Å². The minimum Gasteiger partial charge on any atom is -0.506 e. The highest BCUT2D eigenvalue weighted by Crippen LogP contribution is 2.29. The number of hydrogen-bond acceptors (Lipinski definition) is 2. The number of guanidine groups is 2. The molecule has 0 spiro atoms. The molecular formula is C8H10BrN5O. The number of nitrogens with zero attached hydrogens (tertiary/aromatic N) is 2. The number of hydrogen-bond donors (Lipinski definition) is 4. The second-order valence-corrected chi connectivity index (χ2v) is 3.56. The molecule has 7 heteroatoms. The summed E-state index contributed by atoms with van der Waals surface area (Å²) in [5.41, 5.74) is 15.9. The van der Waals surface area contributed by atoms with Crippen LogP contribution in [0.1, 0.15) is 0 Å². The first kappa shape index (κ1) is 11.3. The summed E-state index contributed by atoms with van der Waals surface area (Å²) < 4.78 is 0.736. The second kappa shape index (κ2) is 4.65. The average Bonchev–Trinajstić information content (AvgIpc) is 2.08. The Kier molecular flexibility index (Phi) is 3.51. The summed E-state index contributed by atoms with van der Waals surface area (Å²) in [7, 11) is 0. The van der Waals surface area contributed by atoms with Crippen molar-refractivity contribution >= 4 is 33.5 Å². The van der Waals surface area contributed by atoms with Gasteiger partial charge in [-0.1, -0.05) is 15.9 Å². The van der Waals surface area contributed by atoms with Crippen LogP contribution in [0.5, 0.6) is 5.75 Å². The minimum absolute atomic E-state index is 0.0156. The highest BCUT2D eigenvalue weighted by atomic mass is 79.9. The molecule has 0 unspecified atom stereocenters. The average molecular weight is 272 g/mol. The van der Waals surface area contributed by atoms with E-state index in [-0.39, 0.29) is 17.7 Å². The smallest absolute Gasteiger partial charge is 0.223 e. The number of aliphatic imine (C=N–C) groups is 2. The van der Waals surface area contributed by atoms with Crippen molar-refractivity contribution < 1.29 is 5.11 Å². The number of halogens is 1. The van der Waals surface area contributed by atoms with E-state index in [1.165, 1.54) is 6.07 Å². The summed E-state index contributed by atoms with van der Waals surface area (Å²) in [5, 5.41) is 9.47. The lowest BCUT2D eigenvalue weighted by Crippen LogP contribution is -2.26. The maximum atomic E-state index is 9.47. The summed E-state index contributed by atoms with van der Waals surface area (Å²) in [6.45, 7) is 0. The normalized spacial score (nSPS) is 11.1. The molecule has 0 atom stereocenters. The SMILES string of the molecule is NC(N)=NC(N)=Nc1ccc(Br)cc1O. The first-order valence-electron chi connectivity index (χ1n) is 3.91. The summed E-state index contributed by atoms with van der Waals surface area (Å²) >= 11 is 3.20. The van der Waals surface area contributed by atoms with Gasteiger partial charge < -0.3 is 22.3 Å². The summed E-state index contributed by atoms with van der Waals surface area (Å²) in [4.78, 5) is 7.33. The van der Waals surface area contributed by atoms with Crippen LogP contribution in [0.2, 0.25) is 0 Å². The fourth-order valence-electron chi connectivity index (χ4n) is 0.872. The number of aromatic hydroxyl groups is 1. The van der Waals surface area contributed by atoms with Crippen LogP contribution in [0.25, 0.3) is 0 Å². The largest absolute Gasteiger partial charge is 0.506 e. The van der Waals surface area contributed by atoms with E-state index in [1.54, 1.807) is 12.1 Å². The van der Waals surface area contributed by atoms with Crippen LogP contribution in [-0.4, -0.2) is 17.0 Å². The van der Waals surface area contributed by atoms with Crippen LogP contribution in [0, 0.1) is 0 Å². The molecule has 1 aromatic rings. The molecule has 15 heavy (non-hydrogen) atoms. The Morgan fingerprint density at radius 3 is 2.47 bits per heavy atom. The van der Waals surface area contributed by atoms with Gasteiger partial charge in [-0.25, -0.2) is 4.99 Å². The fraction of sp³-hybridized carbons (Fsp3) is 0. The third-order valence-electron chi connectivity index (χ3n) is 1.42. The van der Waals surface area contributed by atoms with Crippen LogP contribution in [0.4, 0.5) is 5.69 Å². The lowest BCUT2D eigenvalue weighted by atomic mass is 10.3. The molecule has 0 amide bonds. The molecule has 1 aromatic carbocycles. The van der Waals surface area contributed by atoms with Crippen molar-refractivity contribution in [1.82, 2.24) is 0 Å².